The Hall–Kier alpha value is -0.0800. The molecular formula is C9H21NO. The van der Waals surface area contributed by atoms with Gasteiger partial charge in [0.05, 0.1) is 6.61 Å². The van der Waals surface area contributed by atoms with Crippen LogP contribution in [0.15, 0.2) is 0 Å². The molecule has 0 amide bonds. The molecule has 1 unspecified atom stereocenters. The van der Waals surface area contributed by atoms with Gasteiger partial charge >= 0.3 is 0 Å². The summed E-state index contributed by atoms with van der Waals surface area (Å²) in [6, 6.07) is 0.227. The number of rotatable bonds is 6. The first kappa shape index (κ1) is 10.9. The van der Waals surface area contributed by atoms with Gasteiger partial charge in [-0.3, -0.25) is 0 Å². The lowest BCUT2D eigenvalue weighted by molar-refractivity contribution is 0.168. The molecule has 0 aromatic heterocycles. The second-order valence-corrected chi connectivity index (χ2v) is 3.13. The maximum absolute atomic E-state index is 5.81. The van der Waals surface area contributed by atoms with Gasteiger partial charge in [-0.25, -0.2) is 0 Å². The molecule has 0 radical (unpaired) electrons. The van der Waals surface area contributed by atoms with Crippen LogP contribution in [0.1, 0.15) is 33.1 Å². The molecule has 2 nitrogen and oxygen atoms in total. The van der Waals surface area contributed by atoms with Gasteiger partial charge in [0, 0.05) is 13.2 Å². The van der Waals surface area contributed by atoms with E-state index in [4.69, 9.17) is 10.5 Å². The molecule has 0 saturated heterocycles. The SMILES string of the molecule is CCC(CC)CC(N)COC. The highest BCUT2D eigenvalue weighted by atomic mass is 16.5. The van der Waals surface area contributed by atoms with Crippen LogP contribution in [0.3, 0.4) is 0 Å². The van der Waals surface area contributed by atoms with Crippen LogP contribution < -0.4 is 5.73 Å². The topological polar surface area (TPSA) is 35.2 Å². The predicted molar refractivity (Wildman–Crippen MR) is 48.5 cm³/mol. The molecule has 0 aliphatic carbocycles. The molecule has 0 fully saturated rings. The zero-order valence-electron chi connectivity index (χ0n) is 7.97. The van der Waals surface area contributed by atoms with Crippen molar-refractivity contribution in [3.63, 3.8) is 0 Å². The van der Waals surface area contributed by atoms with Gasteiger partial charge in [-0.05, 0) is 12.3 Å². The van der Waals surface area contributed by atoms with E-state index in [-0.39, 0.29) is 6.04 Å². The fraction of sp³-hybridized carbons (Fsp3) is 1.00. The third-order valence-electron chi connectivity index (χ3n) is 2.17. The summed E-state index contributed by atoms with van der Waals surface area (Å²) in [7, 11) is 1.70. The van der Waals surface area contributed by atoms with Crippen LogP contribution >= 0.6 is 0 Å². The van der Waals surface area contributed by atoms with E-state index in [1.807, 2.05) is 0 Å². The largest absolute Gasteiger partial charge is 0.383 e. The number of hydrogen-bond donors (Lipinski definition) is 1. The van der Waals surface area contributed by atoms with E-state index in [0.29, 0.717) is 6.61 Å². The van der Waals surface area contributed by atoms with Crippen LogP contribution in [0.2, 0.25) is 0 Å². The fourth-order valence-corrected chi connectivity index (χ4v) is 1.33. The fourth-order valence-electron chi connectivity index (χ4n) is 1.33. The van der Waals surface area contributed by atoms with Crippen LogP contribution in [-0.2, 0) is 4.74 Å². The Bertz CT molecular complexity index is 81.6. The Kier molecular flexibility index (Phi) is 6.57. The Morgan fingerprint density at radius 2 is 1.82 bits per heavy atom. The summed E-state index contributed by atoms with van der Waals surface area (Å²) in [5, 5.41) is 0. The average Bonchev–Trinajstić information content (AvgIpc) is 2.01. The first-order valence-electron chi connectivity index (χ1n) is 4.49. The van der Waals surface area contributed by atoms with E-state index >= 15 is 0 Å². The third kappa shape index (κ3) is 5.22. The Morgan fingerprint density at radius 1 is 1.27 bits per heavy atom. The summed E-state index contributed by atoms with van der Waals surface area (Å²) in [6.07, 6.45) is 3.56. The van der Waals surface area contributed by atoms with Gasteiger partial charge in [0.2, 0.25) is 0 Å². The summed E-state index contributed by atoms with van der Waals surface area (Å²) in [5.74, 6) is 0.778. The van der Waals surface area contributed by atoms with Crippen molar-refractivity contribution in [2.45, 2.75) is 39.2 Å². The predicted octanol–water partition coefficient (Wildman–Crippen LogP) is 1.79. The van der Waals surface area contributed by atoms with Crippen LogP contribution in [0, 0.1) is 5.92 Å². The van der Waals surface area contributed by atoms with Crippen molar-refractivity contribution in [3.8, 4) is 0 Å². The third-order valence-corrected chi connectivity index (χ3v) is 2.17. The quantitative estimate of drug-likeness (QED) is 0.641. The minimum absolute atomic E-state index is 0.227. The van der Waals surface area contributed by atoms with E-state index in [2.05, 4.69) is 13.8 Å². The molecule has 11 heavy (non-hydrogen) atoms. The maximum Gasteiger partial charge on any atom is 0.0613 e. The van der Waals surface area contributed by atoms with Gasteiger partial charge in [-0.1, -0.05) is 26.7 Å². The highest BCUT2D eigenvalue weighted by Gasteiger charge is 2.09. The lowest BCUT2D eigenvalue weighted by atomic mass is 9.95. The van der Waals surface area contributed by atoms with Gasteiger partial charge < -0.3 is 10.5 Å². The van der Waals surface area contributed by atoms with Crippen LogP contribution in [0.25, 0.3) is 0 Å². The Morgan fingerprint density at radius 3 is 2.18 bits per heavy atom. The van der Waals surface area contributed by atoms with Gasteiger partial charge in [-0.2, -0.15) is 0 Å². The molecule has 0 aromatic rings. The minimum Gasteiger partial charge on any atom is -0.383 e. The second kappa shape index (κ2) is 6.62. The lowest BCUT2D eigenvalue weighted by Gasteiger charge is -2.17. The normalized spacial score (nSPS) is 13.9. The first-order valence-corrected chi connectivity index (χ1v) is 4.49. The van der Waals surface area contributed by atoms with Crippen molar-refractivity contribution in [1.29, 1.82) is 0 Å². The van der Waals surface area contributed by atoms with E-state index in [0.717, 1.165) is 12.3 Å². The molecule has 0 aromatic carbocycles. The van der Waals surface area contributed by atoms with Crippen LogP contribution in [-0.4, -0.2) is 19.8 Å². The molecule has 0 rings (SSSR count). The summed E-state index contributed by atoms with van der Waals surface area (Å²) in [6.45, 7) is 5.12. The van der Waals surface area contributed by atoms with E-state index in [1.54, 1.807) is 7.11 Å². The zero-order valence-corrected chi connectivity index (χ0v) is 7.97. The van der Waals surface area contributed by atoms with Gasteiger partial charge in [0.25, 0.3) is 0 Å². The van der Waals surface area contributed by atoms with Crippen LogP contribution in [0.5, 0.6) is 0 Å². The van der Waals surface area contributed by atoms with Gasteiger partial charge in [0.1, 0.15) is 0 Å². The van der Waals surface area contributed by atoms with Gasteiger partial charge in [0.15, 0.2) is 0 Å². The maximum atomic E-state index is 5.81. The summed E-state index contributed by atoms with van der Waals surface area (Å²) < 4.78 is 4.97. The first-order chi connectivity index (χ1) is 5.24. The average molecular weight is 159 g/mol. The van der Waals surface area contributed by atoms with Crippen molar-refractivity contribution in [3.05, 3.63) is 0 Å². The summed E-state index contributed by atoms with van der Waals surface area (Å²) in [4.78, 5) is 0. The van der Waals surface area contributed by atoms with Crippen LogP contribution in [0.4, 0.5) is 0 Å². The standard InChI is InChI=1S/C9H21NO/c1-4-8(5-2)6-9(10)7-11-3/h8-9H,4-7,10H2,1-3H3. The van der Waals surface area contributed by atoms with Crippen molar-refractivity contribution in [2.24, 2.45) is 11.7 Å². The van der Waals surface area contributed by atoms with Crippen molar-refractivity contribution in [1.82, 2.24) is 0 Å². The summed E-state index contributed by atoms with van der Waals surface area (Å²) in [5.41, 5.74) is 5.81. The molecule has 2 heteroatoms. The smallest absolute Gasteiger partial charge is 0.0613 e. The van der Waals surface area contributed by atoms with E-state index in [9.17, 15) is 0 Å². The molecule has 1 atom stereocenters. The van der Waals surface area contributed by atoms with Crippen molar-refractivity contribution < 1.29 is 4.74 Å². The molecular weight excluding hydrogens is 138 g/mol. The summed E-state index contributed by atoms with van der Waals surface area (Å²) >= 11 is 0. The number of methoxy groups -OCH3 is 1. The van der Waals surface area contributed by atoms with Crippen molar-refractivity contribution >= 4 is 0 Å². The monoisotopic (exact) mass is 159 g/mol. The molecule has 0 heterocycles. The zero-order chi connectivity index (χ0) is 8.69. The molecule has 2 N–H and O–H groups in total. The van der Waals surface area contributed by atoms with Gasteiger partial charge in [-0.15, -0.1) is 0 Å². The number of hydrogen-bond acceptors (Lipinski definition) is 2. The molecule has 0 aliphatic rings. The van der Waals surface area contributed by atoms with E-state index < -0.39 is 0 Å². The number of nitrogens with two attached hydrogens (primary N) is 1. The second-order valence-electron chi connectivity index (χ2n) is 3.13. The highest BCUT2D eigenvalue weighted by molar-refractivity contribution is 4.65. The molecule has 0 aliphatic heterocycles. The minimum atomic E-state index is 0.227. The molecule has 68 valence electrons. The Balaban J connectivity index is 3.44. The Labute approximate surface area is 70.1 Å². The molecule has 0 saturated carbocycles. The van der Waals surface area contributed by atoms with Crippen molar-refractivity contribution in [2.75, 3.05) is 13.7 Å². The molecule has 0 spiro atoms. The lowest BCUT2D eigenvalue weighted by Crippen LogP contribution is -2.28. The van der Waals surface area contributed by atoms with E-state index in [1.165, 1.54) is 12.8 Å². The molecule has 0 bridgehead atoms. The number of ether oxygens (including phenoxy) is 1. The highest BCUT2D eigenvalue weighted by Crippen LogP contribution is 2.13.